The molecule has 0 atom stereocenters. The van der Waals surface area contributed by atoms with Crippen LogP contribution in [0.3, 0.4) is 0 Å². The topological polar surface area (TPSA) is 60.2 Å². The zero-order valence-electron chi connectivity index (χ0n) is 11.0. The summed E-state index contributed by atoms with van der Waals surface area (Å²) < 4.78 is 7.87. The number of hydrogen-bond acceptors (Lipinski definition) is 4. The van der Waals surface area contributed by atoms with Crippen LogP contribution in [0.5, 0.6) is 5.75 Å². The van der Waals surface area contributed by atoms with Gasteiger partial charge >= 0.3 is 0 Å². The van der Waals surface area contributed by atoms with Crippen LogP contribution < -0.4 is 4.74 Å². The number of aryl methyl sites for hydroxylation is 1. The van der Waals surface area contributed by atoms with Crippen LogP contribution in [0.1, 0.15) is 30.1 Å². The van der Waals surface area contributed by atoms with E-state index in [9.17, 15) is 5.11 Å². The van der Waals surface area contributed by atoms with Crippen LogP contribution >= 0.6 is 11.6 Å². The van der Waals surface area contributed by atoms with Crippen molar-refractivity contribution in [2.45, 2.75) is 39.0 Å². The van der Waals surface area contributed by atoms with Gasteiger partial charge in [0.15, 0.2) is 5.82 Å². The van der Waals surface area contributed by atoms with E-state index < -0.39 is 0 Å². The van der Waals surface area contributed by atoms with Crippen molar-refractivity contribution in [3.8, 4) is 5.75 Å². The Morgan fingerprint density at radius 3 is 3.05 bits per heavy atom. The van der Waals surface area contributed by atoms with E-state index in [1.54, 1.807) is 18.2 Å². The molecular weight excluding hydrogens is 278 g/mol. The third-order valence-corrected chi connectivity index (χ3v) is 3.72. The predicted octanol–water partition coefficient (Wildman–Crippen LogP) is 2.34. The molecule has 1 aromatic heterocycles. The molecule has 0 unspecified atom stereocenters. The quantitative estimate of drug-likeness (QED) is 0.940. The zero-order valence-corrected chi connectivity index (χ0v) is 11.8. The molecule has 0 spiro atoms. The molecule has 106 valence electrons. The fraction of sp³-hybridized carbons (Fsp3) is 0.429. The summed E-state index contributed by atoms with van der Waals surface area (Å²) in [4.78, 5) is 0. The fourth-order valence-electron chi connectivity index (χ4n) is 2.43. The molecule has 0 aliphatic carbocycles. The molecule has 3 rings (SSSR count). The predicted molar refractivity (Wildman–Crippen MR) is 74.7 cm³/mol. The average molecular weight is 294 g/mol. The van der Waals surface area contributed by atoms with E-state index in [1.165, 1.54) is 6.42 Å². The first kappa shape index (κ1) is 13.4. The Kier molecular flexibility index (Phi) is 3.89. The lowest BCUT2D eigenvalue weighted by Crippen LogP contribution is -2.14. The highest BCUT2D eigenvalue weighted by atomic mass is 35.5. The van der Waals surface area contributed by atoms with E-state index >= 15 is 0 Å². The van der Waals surface area contributed by atoms with Crippen LogP contribution in [0.2, 0.25) is 5.02 Å². The molecule has 5 nitrogen and oxygen atoms in total. The zero-order chi connectivity index (χ0) is 13.9. The van der Waals surface area contributed by atoms with Gasteiger partial charge in [0.25, 0.3) is 0 Å². The number of ether oxygens (including phenoxy) is 1. The minimum Gasteiger partial charge on any atom is -0.485 e. The number of hydrogen-bond donors (Lipinski definition) is 1. The lowest BCUT2D eigenvalue weighted by molar-refractivity contribution is 0.252. The summed E-state index contributed by atoms with van der Waals surface area (Å²) in [6.45, 7) is 1.20. The Hall–Kier alpha value is -1.59. The molecular formula is C14H16ClN3O2. The molecule has 2 aromatic rings. The van der Waals surface area contributed by atoms with Gasteiger partial charge in [0, 0.05) is 23.6 Å². The summed E-state index contributed by atoms with van der Waals surface area (Å²) in [5.74, 6) is 2.50. The summed E-state index contributed by atoms with van der Waals surface area (Å²) in [5.41, 5.74) is 0.677. The van der Waals surface area contributed by atoms with Gasteiger partial charge in [-0.25, -0.2) is 0 Å². The molecule has 6 heteroatoms. The summed E-state index contributed by atoms with van der Waals surface area (Å²) in [7, 11) is 0. The largest absolute Gasteiger partial charge is 0.485 e. The Morgan fingerprint density at radius 1 is 1.30 bits per heavy atom. The second-order valence-corrected chi connectivity index (χ2v) is 5.28. The standard InChI is InChI=1S/C14H16ClN3O2/c15-11-4-5-12(10(7-11)8-19)20-9-14-17-16-13-3-1-2-6-18(13)14/h4-5,7,19H,1-3,6,8-9H2. The maximum absolute atomic E-state index is 9.32. The highest BCUT2D eigenvalue weighted by molar-refractivity contribution is 6.30. The van der Waals surface area contributed by atoms with Crippen molar-refractivity contribution in [2.24, 2.45) is 0 Å². The van der Waals surface area contributed by atoms with Gasteiger partial charge in [-0.05, 0) is 31.0 Å². The first-order valence-electron chi connectivity index (χ1n) is 6.71. The van der Waals surface area contributed by atoms with Crippen LogP contribution in [0.4, 0.5) is 0 Å². The van der Waals surface area contributed by atoms with Crippen molar-refractivity contribution in [1.82, 2.24) is 14.8 Å². The number of aliphatic hydroxyl groups is 1. The first-order chi connectivity index (χ1) is 9.78. The normalized spacial score (nSPS) is 14.1. The molecule has 2 heterocycles. The first-order valence-corrected chi connectivity index (χ1v) is 7.09. The van der Waals surface area contributed by atoms with Crippen molar-refractivity contribution in [2.75, 3.05) is 0 Å². The fourth-order valence-corrected chi connectivity index (χ4v) is 2.62. The van der Waals surface area contributed by atoms with E-state index in [-0.39, 0.29) is 6.61 Å². The van der Waals surface area contributed by atoms with Gasteiger partial charge in [-0.3, -0.25) is 0 Å². The SMILES string of the molecule is OCc1cc(Cl)ccc1OCc1nnc2n1CCCC2. The molecule has 0 bridgehead atoms. The Morgan fingerprint density at radius 2 is 2.20 bits per heavy atom. The third kappa shape index (κ3) is 2.64. The average Bonchev–Trinajstić information content (AvgIpc) is 2.89. The smallest absolute Gasteiger partial charge is 0.171 e. The second kappa shape index (κ2) is 5.81. The monoisotopic (exact) mass is 293 g/mol. The van der Waals surface area contributed by atoms with Crippen LogP contribution in [0.15, 0.2) is 18.2 Å². The number of benzene rings is 1. The Bertz CT molecular complexity index is 612. The maximum atomic E-state index is 9.32. The highest BCUT2D eigenvalue weighted by Crippen LogP contribution is 2.24. The van der Waals surface area contributed by atoms with Crippen LogP contribution in [0, 0.1) is 0 Å². The van der Waals surface area contributed by atoms with Crippen molar-refractivity contribution in [3.05, 3.63) is 40.4 Å². The van der Waals surface area contributed by atoms with Gasteiger partial charge in [-0.1, -0.05) is 11.6 Å². The molecule has 0 saturated heterocycles. The second-order valence-electron chi connectivity index (χ2n) is 4.84. The maximum Gasteiger partial charge on any atom is 0.171 e. The van der Waals surface area contributed by atoms with E-state index in [1.807, 2.05) is 0 Å². The van der Waals surface area contributed by atoms with E-state index in [0.29, 0.717) is 22.9 Å². The van der Waals surface area contributed by atoms with Gasteiger partial charge in [0.05, 0.1) is 6.61 Å². The Balaban J connectivity index is 1.75. The molecule has 0 fully saturated rings. The summed E-state index contributed by atoms with van der Waals surface area (Å²) in [6, 6.07) is 5.22. The molecule has 0 radical (unpaired) electrons. The van der Waals surface area contributed by atoms with Crippen molar-refractivity contribution >= 4 is 11.6 Å². The number of aromatic nitrogens is 3. The number of rotatable bonds is 4. The molecule has 0 amide bonds. The van der Waals surface area contributed by atoms with Gasteiger partial charge < -0.3 is 14.4 Å². The summed E-state index contributed by atoms with van der Waals surface area (Å²) >= 11 is 5.90. The summed E-state index contributed by atoms with van der Waals surface area (Å²) in [6.07, 6.45) is 3.31. The minimum atomic E-state index is -0.103. The molecule has 20 heavy (non-hydrogen) atoms. The molecule has 1 aromatic carbocycles. The van der Waals surface area contributed by atoms with Crippen molar-refractivity contribution < 1.29 is 9.84 Å². The lowest BCUT2D eigenvalue weighted by atomic mass is 10.2. The molecule has 1 aliphatic rings. The van der Waals surface area contributed by atoms with Crippen LogP contribution in [0.25, 0.3) is 0 Å². The van der Waals surface area contributed by atoms with Crippen molar-refractivity contribution in [1.29, 1.82) is 0 Å². The number of fused-ring (bicyclic) bond motifs is 1. The number of halogens is 1. The van der Waals surface area contributed by atoms with Gasteiger partial charge in [-0.2, -0.15) is 0 Å². The van der Waals surface area contributed by atoms with Gasteiger partial charge in [0.2, 0.25) is 0 Å². The van der Waals surface area contributed by atoms with E-state index in [0.717, 1.165) is 31.0 Å². The number of aliphatic hydroxyl groups excluding tert-OH is 1. The van der Waals surface area contributed by atoms with Crippen molar-refractivity contribution in [3.63, 3.8) is 0 Å². The van der Waals surface area contributed by atoms with Gasteiger partial charge in [0.1, 0.15) is 18.2 Å². The van der Waals surface area contributed by atoms with Crippen LogP contribution in [-0.2, 0) is 26.2 Å². The highest BCUT2D eigenvalue weighted by Gasteiger charge is 2.16. The Labute approximate surface area is 122 Å². The molecule has 0 saturated carbocycles. The van der Waals surface area contributed by atoms with Crippen LogP contribution in [-0.4, -0.2) is 19.9 Å². The molecule has 1 N–H and O–H groups in total. The number of nitrogens with zero attached hydrogens (tertiary/aromatic N) is 3. The van der Waals surface area contributed by atoms with E-state index in [4.69, 9.17) is 16.3 Å². The third-order valence-electron chi connectivity index (χ3n) is 3.49. The van der Waals surface area contributed by atoms with E-state index in [2.05, 4.69) is 14.8 Å². The molecule has 1 aliphatic heterocycles. The van der Waals surface area contributed by atoms with Gasteiger partial charge in [-0.15, -0.1) is 10.2 Å². The minimum absolute atomic E-state index is 0.103. The lowest BCUT2D eigenvalue weighted by Gasteiger charge is -2.15. The summed E-state index contributed by atoms with van der Waals surface area (Å²) in [5, 5.41) is 18.3.